The van der Waals surface area contributed by atoms with E-state index in [-0.39, 0.29) is 16.6 Å². The van der Waals surface area contributed by atoms with E-state index in [9.17, 15) is 26.4 Å². The Morgan fingerprint density at radius 3 is 2.25 bits per heavy atom. The second kappa shape index (κ2) is 9.01. The van der Waals surface area contributed by atoms with E-state index < -0.39 is 32.6 Å². The van der Waals surface area contributed by atoms with Crippen molar-refractivity contribution >= 4 is 38.8 Å². The highest BCUT2D eigenvalue weighted by Crippen LogP contribution is 2.36. The summed E-state index contributed by atoms with van der Waals surface area (Å²) in [5.41, 5.74) is -0.841. The normalized spacial score (nSPS) is 11.7. The molecular formula is C19H14ClF3N4O4S. The van der Waals surface area contributed by atoms with Crippen LogP contribution in [-0.4, -0.2) is 30.7 Å². The molecule has 0 saturated heterocycles. The number of nitrogens with one attached hydrogen (secondary N) is 2. The second-order valence-corrected chi connectivity index (χ2v) is 8.73. The molecule has 3 aromatic rings. The van der Waals surface area contributed by atoms with Gasteiger partial charge in [0.1, 0.15) is 12.1 Å². The summed E-state index contributed by atoms with van der Waals surface area (Å²) in [4.78, 5) is 19.6. The van der Waals surface area contributed by atoms with Crippen molar-refractivity contribution in [2.24, 2.45) is 0 Å². The van der Waals surface area contributed by atoms with Gasteiger partial charge in [0.2, 0.25) is 5.88 Å². The first-order chi connectivity index (χ1) is 14.9. The fourth-order valence-corrected chi connectivity index (χ4v) is 3.20. The fraction of sp³-hybridized carbons (Fsp3) is 0.105. The average molecular weight is 487 g/mol. The first-order valence-corrected chi connectivity index (χ1v) is 10.9. The molecule has 0 bridgehead atoms. The van der Waals surface area contributed by atoms with Crippen LogP contribution in [0.15, 0.2) is 59.9 Å². The van der Waals surface area contributed by atoms with Gasteiger partial charge in [0.25, 0.3) is 0 Å². The number of alkyl halides is 3. The van der Waals surface area contributed by atoms with Crippen LogP contribution in [0.1, 0.15) is 5.56 Å². The van der Waals surface area contributed by atoms with Crippen molar-refractivity contribution in [2.75, 3.05) is 16.9 Å². The quantitative estimate of drug-likeness (QED) is 0.492. The third-order valence-corrected chi connectivity index (χ3v) is 5.17. The predicted molar refractivity (Wildman–Crippen MR) is 111 cm³/mol. The lowest BCUT2D eigenvalue weighted by molar-refractivity contribution is -0.137. The molecule has 0 unspecified atom stereocenters. The Balaban J connectivity index is 1.64. The molecule has 13 heteroatoms. The summed E-state index contributed by atoms with van der Waals surface area (Å²) < 4.78 is 67.3. The number of hydrogen-bond acceptors (Lipinski definition) is 6. The number of anilines is 2. The molecule has 0 fully saturated rings. The summed E-state index contributed by atoms with van der Waals surface area (Å²) in [6.07, 6.45) is -2.61. The van der Waals surface area contributed by atoms with Crippen LogP contribution in [-0.2, 0) is 16.0 Å². The van der Waals surface area contributed by atoms with Crippen molar-refractivity contribution in [1.82, 2.24) is 9.97 Å². The molecule has 2 aromatic carbocycles. The summed E-state index contributed by atoms with van der Waals surface area (Å²) in [7, 11) is -3.53. The Morgan fingerprint density at radius 1 is 1.00 bits per heavy atom. The van der Waals surface area contributed by atoms with Crippen molar-refractivity contribution in [1.29, 1.82) is 0 Å². The minimum atomic E-state index is -4.66. The van der Waals surface area contributed by atoms with E-state index in [1.165, 1.54) is 30.3 Å². The topological polar surface area (TPSA) is 110 Å². The Bertz CT molecular complexity index is 1250. The number of hydrogen-bond donors (Lipinski definition) is 2. The average Bonchev–Trinajstić information content (AvgIpc) is 2.70. The number of benzene rings is 2. The second-order valence-electron chi connectivity index (χ2n) is 6.36. The van der Waals surface area contributed by atoms with Crippen molar-refractivity contribution in [2.45, 2.75) is 11.2 Å². The Kier molecular flexibility index (Phi) is 6.55. The molecule has 0 radical (unpaired) electrons. The van der Waals surface area contributed by atoms with Crippen LogP contribution in [0.5, 0.6) is 11.6 Å². The molecule has 0 aliphatic heterocycles. The number of urea groups is 1. The highest BCUT2D eigenvalue weighted by Gasteiger charge is 2.33. The number of aromatic nitrogens is 2. The Morgan fingerprint density at radius 2 is 1.62 bits per heavy atom. The van der Waals surface area contributed by atoms with Gasteiger partial charge in [-0.25, -0.2) is 23.2 Å². The zero-order valence-electron chi connectivity index (χ0n) is 16.1. The lowest BCUT2D eigenvalue weighted by Gasteiger charge is -2.12. The number of nitrogens with zero attached hydrogens (tertiary/aromatic N) is 2. The molecule has 0 atom stereocenters. The molecule has 168 valence electrons. The third kappa shape index (κ3) is 6.08. The molecule has 0 aliphatic rings. The van der Waals surface area contributed by atoms with E-state index in [1.54, 1.807) is 0 Å². The lowest BCUT2D eigenvalue weighted by atomic mass is 10.2. The van der Waals surface area contributed by atoms with Crippen molar-refractivity contribution in [3.05, 3.63) is 65.4 Å². The zero-order chi connectivity index (χ0) is 23.5. The highest BCUT2D eigenvalue weighted by atomic mass is 35.5. The number of rotatable bonds is 5. The maximum Gasteiger partial charge on any atom is 0.417 e. The van der Waals surface area contributed by atoms with Gasteiger partial charge in [0, 0.05) is 23.7 Å². The molecule has 2 N–H and O–H groups in total. The van der Waals surface area contributed by atoms with E-state index in [2.05, 4.69) is 20.6 Å². The van der Waals surface area contributed by atoms with Crippen LogP contribution < -0.4 is 15.4 Å². The Labute approximate surface area is 185 Å². The van der Waals surface area contributed by atoms with Gasteiger partial charge >= 0.3 is 12.2 Å². The molecule has 8 nitrogen and oxygen atoms in total. The standard InChI is InChI=1S/C19H14ClF3N4O4S/c1-32(29,30)17-9-16(24-10-25-17)31-13-5-2-11(3-6-13)26-18(28)27-12-4-7-15(20)14(8-12)19(21,22)23/h2-10H,1H3,(H2,26,27,28). The molecule has 2 amide bonds. The van der Waals surface area contributed by atoms with Gasteiger partial charge in [0.05, 0.1) is 10.6 Å². The number of halogens is 4. The number of ether oxygens (including phenoxy) is 1. The van der Waals surface area contributed by atoms with Crippen LogP contribution in [0.4, 0.5) is 29.3 Å². The van der Waals surface area contributed by atoms with Crippen LogP contribution in [0, 0.1) is 0 Å². The van der Waals surface area contributed by atoms with E-state index in [1.807, 2.05) is 0 Å². The summed E-state index contributed by atoms with van der Waals surface area (Å²) in [5.74, 6) is 0.295. The predicted octanol–water partition coefficient (Wildman–Crippen LogP) is 4.99. The summed E-state index contributed by atoms with van der Waals surface area (Å²) >= 11 is 5.55. The van der Waals surface area contributed by atoms with Crippen LogP contribution in [0.2, 0.25) is 5.02 Å². The molecule has 0 saturated carbocycles. The van der Waals surface area contributed by atoms with Crippen LogP contribution >= 0.6 is 11.6 Å². The number of sulfone groups is 1. The van der Waals surface area contributed by atoms with Crippen LogP contribution in [0.25, 0.3) is 0 Å². The SMILES string of the molecule is CS(=O)(=O)c1cc(Oc2ccc(NC(=O)Nc3ccc(Cl)c(C(F)(F)F)c3)cc2)ncn1. The van der Waals surface area contributed by atoms with E-state index in [4.69, 9.17) is 16.3 Å². The van der Waals surface area contributed by atoms with Gasteiger partial charge in [-0.15, -0.1) is 0 Å². The molecular weight excluding hydrogens is 473 g/mol. The maximum atomic E-state index is 12.9. The third-order valence-electron chi connectivity index (χ3n) is 3.86. The van der Waals surface area contributed by atoms with Crippen LogP contribution in [0.3, 0.4) is 0 Å². The number of amides is 2. The summed E-state index contributed by atoms with van der Waals surface area (Å²) in [5, 5.41) is 4.07. The van der Waals surface area contributed by atoms with Gasteiger partial charge in [-0.2, -0.15) is 13.2 Å². The van der Waals surface area contributed by atoms with Gasteiger partial charge in [-0.3, -0.25) is 0 Å². The van der Waals surface area contributed by atoms with Crippen molar-refractivity contribution < 1.29 is 31.1 Å². The molecule has 0 aliphatic carbocycles. The molecule has 3 rings (SSSR count). The summed E-state index contributed by atoms with van der Waals surface area (Å²) in [6, 6.07) is 9.27. The van der Waals surface area contributed by atoms with Crippen molar-refractivity contribution in [3.8, 4) is 11.6 Å². The minimum Gasteiger partial charge on any atom is -0.439 e. The molecule has 32 heavy (non-hydrogen) atoms. The highest BCUT2D eigenvalue weighted by molar-refractivity contribution is 7.90. The van der Waals surface area contributed by atoms with Gasteiger partial charge in [-0.05, 0) is 42.5 Å². The van der Waals surface area contributed by atoms with E-state index in [0.29, 0.717) is 11.4 Å². The van der Waals surface area contributed by atoms with Gasteiger partial charge in [-0.1, -0.05) is 11.6 Å². The first kappa shape index (κ1) is 23.3. The first-order valence-electron chi connectivity index (χ1n) is 8.66. The zero-order valence-corrected chi connectivity index (χ0v) is 17.7. The van der Waals surface area contributed by atoms with Gasteiger partial charge < -0.3 is 15.4 Å². The lowest BCUT2D eigenvalue weighted by Crippen LogP contribution is -2.19. The maximum absolute atomic E-state index is 12.9. The minimum absolute atomic E-state index is 0.00193. The molecule has 1 heterocycles. The van der Waals surface area contributed by atoms with Crippen molar-refractivity contribution in [3.63, 3.8) is 0 Å². The smallest absolute Gasteiger partial charge is 0.417 e. The molecule has 0 spiro atoms. The molecule has 1 aromatic heterocycles. The number of carbonyl (C=O) groups excluding carboxylic acids is 1. The van der Waals surface area contributed by atoms with E-state index >= 15 is 0 Å². The largest absolute Gasteiger partial charge is 0.439 e. The number of carbonyl (C=O) groups is 1. The summed E-state index contributed by atoms with van der Waals surface area (Å²) in [6.45, 7) is 0. The van der Waals surface area contributed by atoms with Gasteiger partial charge in [0.15, 0.2) is 14.9 Å². The fourth-order valence-electron chi connectivity index (χ4n) is 2.42. The Hall–Kier alpha value is -3.38. The van der Waals surface area contributed by atoms with E-state index in [0.717, 1.165) is 30.8 Å². The monoisotopic (exact) mass is 486 g/mol.